The molecule has 2 aromatic rings. The highest BCUT2D eigenvalue weighted by atomic mass is 16.5. The Hall–Kier alpha value is -2.83. The van der Waals surface area contributed by atoms with Gasteiger partial charge in [0.15, 0.2) is 0 Å². The van der Waals surface area contributed by atoms with E-state index in [0.29, 0.717) is 25.4 Å². The van der Waals surface area contributed by atoms with Crippen LogP contribution in [0.4, 0.5) is 0 Å². The number of benzene rings is 1. The lowest BCUT2D eigenvalue weighted by atomic mass is 10.3. The summed E-state index contributed by atoms with van der Waals surface area (Å²) < 4.78 is 11.8. The van der Waals surface area contributed by atoms with E-state index in [1.54, 1.807) is 38.3 Å². The molecule has 1 amide bonds. The molecule has 0 spiro atoms. The average molecular weight is 317 g/mol. The molecule has 7 nitrogen and oxygen atoms in total. The van der Waals surface area contributed by atoms with Gasteiger partial charge < -0.3 is 14.8 Å². The average Bonchev–Trinajstić information content (AvgIpc) is 2.59. The zero-order valence-corrected chi connectivity index (χ0v) is 13.1. The molecular formula is C16H19N3O4. The number of aryl methyl sites for hydroxylation is 1. The van der Waals surface area contributed by atoms with E-state index in [1.807, 2.05) is 0 Å². The zero-order chi connectivity index (χ0) is 16.7. The standard InChI is InChI=1S/C16H19N3O4/c1-3-19-15(20)9-8-14(18-19)16(21)17-10-11-23-13-6-4-12(22-2)5-7-13/h4-9H,3,10-11H2,1-2H3,(H,17,21). The molecule has 1 aromatic heterocycles. The maximum atomic E-state index is 12.0. The van der Waals surface area contributed by atoms with Crippen molar-refractivity contribution >= 4 is 5.91 Å². The lowest BCUT2D eigenvalue weighted by Crippen LogP contribution is -2.31. The van der Waals surface area contributed by atoms with Crippen LogP contribution in [0.3, 0.4) is 0 Å². The van der Waals surface area contributed by atoms with Crippen LogP contribution in [0.5, 0.6) is 11.5 Å². The highest BCUT2D eigenvalue weighted by Gasteiger charge is 2.08. The lowest BCUT2D eigenvalue weighted by Gasteiger charge is -2.08. The third kappa shape index (κ3) is 4.57. The Morgan fingerprint density at radius 2 is 1.87 bits per heavy atom. The second kappa shape index (κ2) is 7.98. The van der Waals surface area contributed by atoms with Crippen molar-refractivity contribution in [1.29, 1.82) is 0 Å². The predicted molar refractivity (Wildman–Crippen MR) is 85.0 cm³/mol. The van der Waals surface area contributed by atoms with Crippen LogP contribution < -0.4 is 20.3 Å². The smallest absolute Gasteiger partial charge is 0.271 e. The minimum Gasteiger partial charge on any atom is -0.497 e. The maximum Gasteiger partial charge on any atom is 0.271 e. The normalized spacial score (nSPS) is 10.2. The van der Waals surface area contributed by atoms with Crippen LogP contribution in [0.1, 0.15) is 17.4 Å². The second-order valence-corrected chi connectivity index (χ2v) is 4.65. The van der Waals surface area contributed by atoms with Crippen LogP contribution in [-0.4, -0.2) is 35.9 Å². The molecule has 1 heterocycles. The first-order valence-electron chi connectivity index (χ1n) is 7.27. The fourth-order valence-electron chi connectivity index (χ4n) is 1.89. The van der Waals surface area contributed by atoms with E-state index in [4.69, 9.17) is 9.47 Å². The van der Waals surface area contributed by atoms with Crippen molar-refractivity contribution in [1.82, 2.24) is 15.1 Å². The van der Waals surface area contributed by atoms with Crippen LogP contribution in [0.15, 0.2) is 41.2 Å². The Morgan fingerprint density at radius 3 is 2.52 bits per heavy atom. The third-order valence-corrected chi connectivity index (χ3v) is 3.11. The number of rotatable bonds is 7. The number of ether oxygens (including phenoxy) is 2. The number of nitrogens with one attached hydrogen (secondary N) is 1. The molecule has 0 aliphatic heterocycles. The van der Waals surface area contributed by atoms with E-state index in [0.717, 1.165) is 5.75 Å². The molecule has 0 saturated carbocycles. The summed E-state index contributed by atoms with van der Waals surface area (Å²) in [6.07, 6.45) is 0. The SMILES string of the molecule is CCn1nc(C(=O)NCCOc2ccc(OC)cc2)ccc1=O. The Bertz CT molecular complexity index is 710. The molecule has 0 radical (unpaired) electrons. The van der Waals surface area contributed by atoms with Crippen LogP contribution in [-0.2, 0) is 6.54 Å². The first-order valence-corrected chi connectivity index (χ1v) is 7.27. The maximum absolute atomic E-state index is 12.0. The molecule has 1 N–H and O–H groups in total. The molecule has 0 atom stereocenters. The quantitative estimate of drug-likeness (QED) is 0.773. The first kappa shape index (κ1) is 16.5. The van der Waals surface area contributed by atoms with Gasteiger partial charge in [0.2, 0.25) is 0 Å². The molecule has 0 unspecified atom stereocenters. The van der Waals surface area contributed by atoms with Gasteiger partial charge in [0.25, 0.3) is 11.5 Å². The fourth-order valence-corrected chi connectivity index (χ4v) is 1.89. The summed E-state index contributed by atoms with van der Waals surface area (Å²) in [7, 11) is 1.60. The predicted octanol–water partition coefficient (Wildman–Crippen LogP) is 1.08. The van der Waals surface area contributed by atoms with Gasteiger partial charge in [-0.1, -0.05) is 0 Å². The number of amides is 1. The minimum atomic E-state index is -0.342. The molecule has 23 heavy (non-hydrogen) atoms. The van der Waals surface area contributed by atoms with E-state index in [9.17, 15) is 9.59 Å². The molecule has 122 valence electrons. The summed E-state index contributed by atoms with van der Waals surface area (Å²) in [5.41, 5.74) is -0.0252. The number of carbonyl (C=O) groups is 1. The van der Waals surface area contributed by atoms with Crippen LogP contribution in [0.2, 0.25) is 0 Å². The largest absolute Gasteiger partial charge is 0.497 e. The molecule has 0 aliphatic rings. The van der Waals surface area contributed by atoms with Gasteiger partial charge in [-0.15, -0.1) is 0 Å². The molecule has 7 heteroatoms. The van der Waals surface area contributed by atoms with Gasteiger partial charge in [0, 0.05) is 12.6 Å². The number of methoxy groups -OCH3 is 1. The van der Waals surface area contributed by atoms with Gasteiger partial charge >= 0.3 is 0 Å². The Balaban J connectivity index is 1.81. The third-order valence-electron chi connectivity index (χ3n) is 3.11. The Labute approximate surface area is 133 Å². The van der Waals surface area contributed by atoms with Crippen molar-refractivity contribution in [2.75, 3.05) is 20.3 Å². The van der Waals surface area contributed by atoms with Gasteiger partial charge in [0.1, 0.15) is 23.8 Å². The molecule has 2 rings (SSSR count). The Kier molecular flexibility index (Phi) is 5.74. The van der Waals surface area contributed by atoms with Crippen molar-refractivity contribution in [2.24, 2.45) is 0 Å². The van der Waals surface area contributed by atoms with Crippen LogP contribution in [0, 0.1) is 0 Å². The van der Waals surface area contributed by atoms with E-state index >= 15 is 0 Å². The Morgan fingerprint density at radius 1 is 1.17 bits per heavy atom. The fraction of sp³-hybridized carbons (Fsp3) is 0.312. The summed E-state index contributed by atoms with van der Waals surface area (Å²) in [5, 5.41) is 6.68. The molecular weight excluding hydrogens is 298 g/mol. The zero-order valence-electron chi connectivity index (χ0n) is 13.1. The number of nitrogens with zero attached hydrogens (tertiary/aromatic N) is 2. The number of aromatic nitrogens is 2. The van der Waals surface area contributed by atoms with Gasteiger partial charge in [0.05, 0.1) is 13.7 Å². The molecule has 1 aromatic carbocycles. The number of hydrogen-bond donors (Lipinski definition) is 1. The van der Waals surface area contributed by atoms with Gasteiger partial charge in [-0.3, -0.25) is 9.59 Å². The van der Waals surface area contributed by atoms with E-state index in [2.05, 4.69) is 10.4 Å². The molecule has 0 saturated heterocycles. The summed E-state index contributed by atoms with van der Waals surface area (Å²) >= 11 is 0. The van der Waals surface area contributed by atoms with E-state index in [-0.39, 0.29) is 17.2 Å². The van der Waals surface area contributed by atoms with Crippen molar-refractivity contribution in [2.45, 2.75) is 13.5 Å². The molecule has 0 fully saturated rings. The summed E-state index contributed by atoms with van der Waals surface area (Å²) in [6, 6.07) is 9.92. The topological polar surface area (TPSA) is 82.5 Å². The van der Waals surface area contributed by atoms with Crippen molar-refractivity contribution < 1.29 is 14.3 Å². The summed E-state index contributed by atoms with van der Waals surface area (Å²) in [4.78, 5) is 23.4. The summed E-state index contributed by atoms with van der Waals surface area (Å²) in [6.45, 7) is 2.86. The molecule has 0 aliphatic carbocycles. The van der Waals surface area contributed by atoms with Gasteiger partial charge in [-0.2, -0.15) is 5.10 Å². The monoisotopic (exact) mass is 317 g/mol. The number of carbonyl (C=O) groups excluding carboxylic acids is 1. The van der Waals surface area contributed by atoms with Crippen molar-refractivity contribution in [3.8, 4) is 11.5 Å². The highest BCUT2D eigenvalue weighted by Crippen LogP contribution is 2.16. The second-order valence-electron chi connectivity index (χ2n) is 4.65. The lowest BCUT2D eigenvalue weighted by molar-refractivity contribution is 0.0939. The first-order chi connectivity index (χ1) is 11.1. The van der Waals surface area contributed by atoms with Crippen molar-refractivity contribution in [3.63, 3.8) is 0 Å². The highest BCUT2D eigenvalue weighted by molar-refractivity contribution is 5.91. The molecule has 0 bridgehead atoms. The van der Waals surface area contributed by atoms with Crippen LogP contribution >= 0.6 is 0 Å². The van der Waals surface area contributed by atoms with E-state index in [1.165, 1.54) is 16.8 Å². The number of hydrogen-bond acceptors (Lipinski definition) is 5. The van der Waals surface area contributed by atoms with Gasteiger partial charge in [-0.05, 0) is 37.3 Å². The van der Waals surface area contributed by atoms with Crippen molar-refractivity contribution in [3.05, 3.63) is 52.4 Å². The van der Waals surface area contributed by atoms with Gasteiger partial charge in [-0.25, -0.2) is 4.68 Å². The summed E-state index contributed by atoms with van der Waals surface area (Å²) in [5.74, 6) is 1.10. The minimum absolute atomic E-state index is 0.205. The van der Waals surface area contributed by atoms with Crippen LogP contribution in [0.25, 0.3) is 0 Å². The van der Waals surface area contributed by atoms with E-state index < -0.39 is 0 Å².